The summed E-state index contributed by atoms with van der Waals surface area (Å²) in [5.74, 6) is -0.337. The number of carbonyl (C=O) groups excluding carboxylic acids is 1. The zero-order chi connectivity index (χ0) is 18.6. The number of thiazole rings is 1. The van der Waals surface area contributed by atoms with Gasteiger partial charge in [-0.05, 0) is 24.3 Å². The topological polar surface area (TPSA) is 109 Å². The zero-order valence-corrected chi connectivity index (χ0v) is 14.6. The molecule has 0 bridgehead atoms. The van der Waals surface area contributed by atoms with Crippen LogP contribution in [0.25, 0.3) is 17.1 Å². The van der Waals surface area contributed by atoms with E-state index in [9.17, 15) is 4.79 Å². The number of carbonyl (C=O) groups is 1. The minimum Gasteiger partial charge on any atom is -0.296 e. The van der Waals surface area contributed by atoms with Crippen molar-refractivity contribution in [2.45, 2.75) is 0 Å². The highest BCUT2D eigenvalue weighted by Gasteiger charge is 2.15. The standard InChI is InChI=1S/C18H11N7OS/c19-7-12-3-1-5-14(22-12)15-10-27-18(23-15)24-17(26)16-9-21-11-25(16)13-4-2-6-20-8-13/h1-6,8-11H,(H,23,24,26). The van der Waals surface area contributed by atoms with E-state index < -0.39 is 0 Å². The molecule has 0 aromatic carbocycles. The molecule has 4 rings (SSSR count). The predicted octanol–water partition coefficient (Wildman–Crippen LogP) is 2.91. The van der Waals surface area contributed by atoms with Crippen molar-refractivity contribution in [3.63, 3.8) is 0 Å². The van der Waals surface area contributed by atoms with Crippen LogP contribution >= 0.6 is 11.3 Å². The maximum Gasteiger partial charge on any atom is 0.276 e. The smallest absolute Gasteiger partial charge is 0.276 e. The van der Waals surface area contributed by atoms with E-state index in [0.29, 0.717) is 27.9 Å². The molecule has 0 radical (unpaired) electrons. The Balaban J connectivity index is 1.56. The van der Waals surface area contributed by atoms with Gasteiger partial charge in [-0.25, -0.2) is 15.0 Å². The van der Waals surface area contributed by atoms with Crippen LogP contribution in [0.1, 0.15) is 16.2 Å². The fraction of sp³-hybridized carbons (Fsp3) is 0. The Morgan fingerprint density at radius 1 is 1.11 bits per heavy atom. The average Bonchev–Trinajstić information content (AvgIpc) is 3.38. The third kappa shape index (κ3) is 3.42. The molecule has 27 heavy (non-hydrogen) atoms. The molecule has 0 aliphatic carbocycles. The molecule has 0 aliphatic heterocycles. The van der Waals surface area contributed by atoms with Gasteiger partial charge in [0.1, 0.15) is 23.2 Å². The first-order chi connectivity index (χ1) is 13.2. The molecule has 0 aliphatic rings. The average molecular weight is 373 g/mol. The summed E-state index contributed by atoms with van der Waals surface area (Å²) in [6.45, 7) is 0. The number of anilines is 1. The highest BCUT2D eigenvalue weighted by molar-refractivity contribution is 7.14. The van der Waals surface area contributed by atoms with Crippen molar-refractivity contribution >= 4 is 22.4 Å². The largest absolute Gasteiger partial charge is 0.296 e. The lowest BCUT2D eigenvalue weighted by atomic mass is 10.2. The molecule has 0 spiro atoms. The number of nitrogens with one attached hydrogen (secondary N) is 1. The maximum atomic E-state index is 12.6. The van der Waals surface area contributed by atoms with E-state index >= 15 is 0 Å². The molecule has 0 saturated heterocycles. The molecular weight excluding hydrogens is 362 g/mol. The maximum absolute atomic E-state index is 12.6. The summed E-state index contributed by atoms with van der Waals surface area (Å²) < 4.78 is 1.65. The van der Waals surface area contributed by atoms with E-state index in [2.05, 4.69) is 25.3 Å². The van der Waals surface area contributed by atoms with Crippen molar-refractivity contribution < 1.29 is 4.79 Å². The molecule has 1 amide bonds. The first kappa shape index (κ1) is 16.6. The lowest BCUT2D eigenvalue weighted by Crippen LogP contribution is -2.16. The Kier molecular flexibility index (Phi) is 4.38. The lowest BCUT2D eigenvalue weighted by Gasteiger charge is -2.06. The van der Waals surface area contributed by atoms with E-state index in [1.807, 2.05) is 12.1 Å². The number of imidazole rings is 1. The molecule has 9 heteroatoms. The number of aromatic nitrogens is 5. The molecule has 1 N–H and O–H groups in total. The van der Waals surface area contributed by atoms with Crippen molar-refractivity contribution in [2.75, 3.05) is 5.32 Å². The van der Waals surface area contributed by atoms with E-state index in [-0.39, 0.29) is 5.91 Å². The molecule has 0 unspecified atom stereocenters. The highest BCUT2D eigenvalue weighted by Crippen LogP contribution is 2.24. The Hall–Kier alpha value is -3.90. The first-order valence-electron chi connectivity index (χ1n) is 7.82. The SMILES string of the molecule is N#Cc1cccc(-c2csc(NC(=O)c3cncn3-c3cccnc3)n2)n1. The quantitative estimate of drug-likeness (QED) is 0.589. The Bertz CT molecular complexity index is 1140. The van der Waals surface area contributed by atoms with E-state index in [1.54, 1.807) is 52.9 Å². The van der Waals surface area contributed by atoms with Gasteiger partial charge in [0.05, 0.1) is 30.1 Å². The van der Waals surface area contributed by atoms with Crippen LogP contribution in [0.4, 0.5) is 5.13 Å². The van der Waals surface area contributed by atoms with Gasteiger partial charge in [0.15, 0.2) is 5.13 Å². The van der Waals surface area contributed by atoms with Crippen molar-refractivity contribution in [2.24, 2.45) is 0 Å². The normalized spacial score (nSPS) is 10.3. The van der Waals surface area contributed by atoms with Crippen molar-refractivity contribution in [3.8, 4) is 23.1 Å². The van der Waals surface area contributed by atoms with Gasteiger partial charge in [0, 0.05) is 11.6 Å². The molecule has 0 fully saturated rings. The van der Waals surface area contributed by atoms with Crippen LogP contribution in [-0.4, -0.2) is 30.4 Å². The second kappa shape index (κ2) is 7.15. The third-order valence-electron chi connectivity index (χ3n) is 3.65. The van der Waals surface area contributed by atoms with Crippen molar-refractivity contribution in [3.05, 3.63) is 72.0 Å². The highest BCUT2D eigenvalue weighted by atomic mass is 32.1. The summed E-state index contributed by atoms with van der Waals surface area (Å²) in [6.07, 6.45) is 6.34. The predicted molar refractivity (Wildman–Crippen MR) is 99.4 cm³/mol. The van der Waals surface area contributed by atoms with E-state index in [0.717, 1.165) is 5.69 Å². The summed E-state index contributed by atoms with van der Waals surface area (Å²) in [4.78, 5) is 29.3. The van der Waals surface area contributed by atoms with Crippen LogP contribution in [0.5, 0.6) is 0 Å². The molecule has 4 heterocycles. The second-order valence-corrected chi connectivity index (χ2v) is 6.23. The molecule has 4 aromatic heterocycles. The van der Waals surface area contributed by atoms with Crippen LogP contribution in [0.2, 0.25) is 0 Å². The van der Waals surface area contributed by atoms with Gasteiger partial charge in [-0.15, -0.1) is 11.3 Å². The van der Waals surface area contributed by atoms with Gasteiger partial charge in [0.2, 0.25) is 0 Å². The van der Waals surface area contributed by atoms with Gasteiger partial charge in [-0.2, -0.15) is 5.26 Å². The van der Waals surface area contributed by atoms with Crippen LogP contribution < -0.4 is 5.32 Å². The second-order valence-electron chi connectivity index (χ2n) is 5.37. The summed E-state index contributed by atoms with van der Waals surface area (Å²) in [5.41, 5.74) is 2.58. The monoisotopic (exact) mass is 373 g/mol. The van der Waals surface area contributed by atoms with Crippen LogP contribution in [0.3, 0.4) is 0 Å². The molecule has 4 aromatic rings. The number of nitriles is 1. The van der Waals surface area contributed by atoms with Crippen molar-refractivity contribution in [1.82, 2.24) is 24.5 Å². The number of nitrogens with zero attached hydrogens (tertiary/aromatic N) is 6. The molecule has 0 saturated carbocycles. The molecule has 130 valence electrons. The number of hydrogen-bond donors (Lipinski definition) is 1. The van der Waals surface area contributed by atoms with Crippen molar-refractivity contribution in [1.29, 1.82) is 5.26 Å². The summed E-state index contributed by atoms with van der Waals surface area (Å²) in [7, 11) is 0. The van der Waals surface area contributed by atoms with Crippen LogP contribution in [0, 0.1) is 11.3 Å². The minimum absolute atomic E-state index is 0.312. The Labute approximate surface area is 157 Å². The van der Waals surface area contributed by atoms with Gasteiger partial charge < -0.3 is 0 Å². The molecular formula is C18H11N7OS. The minimum atomic E-state index is -0.337. The fourth-order valence-electron chi connectivity index (χ4n) is 2.41. The van der Waals surface area contributed by atoms with Gasteiger partial charge >= 0.3 is 0 Å². The third-order valence-corrected chi connectivity index (χ3v) is 4.40. The van der Waals surface area contributed by atoms with Gasteiger partial charge in [-0.1, -0.05) is 6.07 Å². The Morgan fingerprint density at radius 3 is 2.85 bits per heavy atom. The summed E-state index contributed by atoms with van der Waals surface area (Å²) in [5, 5.41) is 13.9. The van der Waals surface area contributed by atoms with Gasteiger partial charge in [-0.3, -0.25) is 19.7 Å². The summed E-state index contributed by atoms with van der Waals surface area (Å²) in [6, 6.07) is 10.7. The van der Waals surface area contributed by atoms with Gasteiger partial charge in [0.25, 0.3) is 5.91 Å². The Morgan fingerprint density at radius 2 is 2.04 bits per heavy atom. The molecule has 0 atom stereocenters. The fourth-order valence-corrected chi connectivity index (χ4v) is 3.11. The number of amides is 1. The number of hydrogen-bond acceptors (Lipinski definition) is 7. The van der Waals surface area contributed by atoms with E-state index in [4.69, 9.17) is 5.26 Å². The lowest BCUT2D eigenvalue weighted by molar-refractivity contribution is 0.102. The zero-order valence-electron chi connectivity index (χ0n) is 13.8. The molecule has 8 nitrogen and oxygen atoms in total. The summed E-state index contributed by atoms with van der Waals surface area (Å²) >= 11 is 1.28. The first-order valence-corrected chi connectivity index (χ1v) is 8.70. The van der Waals surface area contributed by atoms with Crippen LogP contribution in [0.15, 0.2) is 60.6 Å². The van der Waals surface area contributed by atoms with E-state index in [1.165, 1.54) is 17.5 Å². The number of rotatable bonds is 4. The number of pyridine rings is 2. The van der Waals surface area contributed by atoms with Crippen LogP contribution in [-0.2, 0) is 0 Å².